The van der Waals surface area contributed by atoms with Crippen molar-refractivity contribution < 1.29 is 9.53 Å². The fraction of sp³-hybridized carbons (Fsp3) is 0.391. The molecule has 1 aliphatic rings. The highest BCUT2D eigenvalue weighted by Crippen LogP contribution is 2.32. The van der Waals surface area contributed by atoms with Crippen LogP contribution >= 0.6 is 0 Å². The molecule has 146 valence electrons. The molecule has 1 heterocycles. The van der Waals surface area contributed by atoms with E-state index in [9.17, 15) is 10.1 Å². The molecule has 5 nitrogen and oxygen atoms in total. The molecule has 0 saturated heterocycles. The summed E-state index contributed by atoms with van der Waals surface area (Å²) in [6.45, 7) is 4.17. The predicted octanol–water partition coefficient (Wildman–Crippen LogP) is 5.16. The number of hydrogen-bond donors (Lipinski definition) is 1. The number of anilines is 1. The van der Waals surface area contributed by atoms with Crippen molar-refractivity contribution in [3.8, 4) is 11.8 Å². The third-order valence-corrected chi connectivity index (χ3v) is 5.48. The summed E-state index contributed by atoms with van der Waals surface area (Å²) in [5.74, 6) is 0.305. The van der Waals surface area contributed by atoms with E-state index >= 15 is 0 Å². The Kier molecular flexibility index (Phi) is 6.20. The lowest BCUT2D eigenvalue weighted by molar-refractivity contribution is -0.112. The maximum atomic E-state index is 12.6. The van der Waals surface area contributed by atoms with Crippen molar-refractivity contribution in [1.29, 1.82) is 5.26 Å². The Bertz CT molecular complexity index is 911. The van der Waals surface area contributed by atoms with Gasteiger partial charge in [0.1, 0.15) is 17.4 Å². The number of methoxy groups -OCH3 is 1. The number of ether oxygens (including phenoxy) is 1. The van der Waals surface area contributed by atoms with Crippen LogP contribution in [0.25, 0.3) is 6.08 Å². The molecule has 1 fully saturated rings. The molecule has 0 atom stereocenters. The monoisotopic (exact) mass is 377 g/mol. The zero-order chi connectivity index (χ0) is 20.1. The van der Waals surface area contributed by atoms with E-state index in [1.165, 1.54) is 37.8 Å². The molecular weight excluding hydrogens is 350 g/mol. The van der Waals surface area contributed by atoms with E-state index in [2.05, 4.69) is 29.8 Å². The lowest BCUT2D eigenvalue weighted by atomic mass is 9.95. The van der Waals surface area contributed by atoms with Gasteiger partial charge in [-0.3, -0.25) is 4.79 Å². The van der Waals surface area contributed by atoms with Crippen LogP contribution in [-0.2, 0) is 4.79 Å². The second-order valence-corrected chi connectivity index (χ2v) is 7.34. The molecule has 0 bridgehead atoms. The zero-order valence-corrected chi connectivity index (χ0v) is 16.8. The van der Waals surface area contributed by atoms with Crippen LogP contribution < -0.4 is 10.1 Å². The Morgan fingerprint density at radius 3 is 2.50 bits per heavy atom. The number of carbonyl (C=O) groups is 1. The summed E-state index contributed by atoms with van der Waals surface area (Å²) in [5, 5.41) is 12.3. The van der Waals surface area contributed by atoms with E-state index in [1.807, 2.05) is 6.07 Å². The van der Waals surface area contributed by atoms with Crippen LogP contribution in [0.4, 0.5) is 5.69 Å². The Morgan fingerprint density at radius 1 is 1.21 bits per heavy atom. The molecule has 0 spiro atoms. The van der Waals surface area contributed by atoms with E-state index in [0.29, 0.717) is 17.5 Å². The van der Waals surface area contributed by atoms with Crippen molar-refractivity contribution >= 4 is 17.7 Å². The van der Waals surface area contributed by atoms with Gasteiger partial charge in [0.2, 0.25) is 0 Å². The van der Waals surface area contributed by atoms with E-state index in [4.69, 9.17) is 4.74 Å². The summed E-state index contributed by atoms with van der Waals surface area (Å²) in [4.78, 5) is 12.6. The van der Waals surface area contributed by atoms with Gasteiger partial charge in [-0.05, 0) is 68.7 Å². The molecule has 1 amide bonds. The average molecular weight is 377 g/mol. The Morgan fingerprint density at radius 2 is 1.89 bits per heavy atom. The van der Waals surface area contributed by atoms with E-state index in [-0.39, 0.29) is 5.57 Å². The van der Waals surface area contributed by atoms with Crippen LogP contribution in [0.5, 0.6) is 5.75 Å². The first-order chi connectivity index (χ1) is 13.5. The van der Waals surface area contributed by atoms with Crippen molar-refractivity contribution in [2.75, 3.05) is 12.4 Å². The number of aryl methyl sites for hydroxylation is 1. The molecule has 2 aromatic rings. The highest BCUT2D eigenvalue weighted by Gasteiger charge is 2.20. The number of nitrogens with zero attached hydrogens (tertiary/aromatic N) is 2. The highest BCUT2D eigenvalue weighted by molar-refractivity contribution is 6.09. The molecule has 28 heavy (non-hydrogen) atoms. The molecule has 1 aliphatic carbocycles. The lowest BCUT2D eigenvalue weighted by Gasteiger charge is -2.26. The number of hydrogen-bond acceptors (Lipinski definition) is 3. The predicted molar refractivity (Wildman–Crippen MR) is 111 cm³/mol. The molecule has 5 heteroatoms. The Balaban J connectivity index is 1.81. The molecule has 1 N–H and O–H groups in total. The zero-order valence-electron chi connectivity index (χ0n) is 16.8. The largest absolute Gasteiger partial charge is 0.497 e. The van der Waals surface area contributed by atoms with Crippen LogP contribution in [0.15, 0.2) is 35.9 Å². The van der Waals surface area contributed by atoms with Crippen LogP contribution in [0.3, 0.4) is 0 Å². The second-order valence-electron chi connectivity index (χ2n) is 7.34. The van der Waals surface area contributed by atoms with E-state index in [1.54, 1.807) is 37.5 Å². The van der Waals surface area contributed by atoms with Crippen molar-refractivity contribution in [2.45, 2.75) is 52.0 Å². The first kappa shape index (κ1) is 19.8. The number of benzene rings is 1. The molecular formula is C23H27N3O2. The second kappa shape index (κ2) is 8.79. The van der Waals surface area contributed by atoms with Gasteiger partial charge in [0, 0.05) is 23.1 Å². The van der Waals surface area contributed by atoms with Crippen LogP contribution in [0.1, 0.15) is 55.1 Å². The number of nitriles is 1. The minimum Gasteiger partial charge on any atom is -0.497 e. The van der Waals surface area contributed by atoms with Gasteiger partial charge in [-0.2, -0.15) is 5.26 Å². The van der Waals surface area contributed by atoms with E-state index < -0.39 is 5.91 Å². The Labute approximate surface area is 166 Å². The van der Waals surface area contributed by atoms with Gasteiger partial charge in [-0.1, -0.05) is 19.3 Å². The Hall–Kier alpha value is -3.00. The third-order valence-electron chi connectivity index (χ3n) is 5.48. The summed E-state index contributed by atoms with van der Waals surface area (Å²) in [7, 11) is 1.59. The fourth-order valence-electron chi connectivity index (χ4n) is 4.03. The normalized spacial score (nSPS) is 15.1. The molecule has 1 saturated carbocycles. The summed E-state index contributed by atoms with van der Waals surface area (Å²) in [6.07, 6.45) is 7.93. The first-order valence-corrected chi connectivity index (χ1v) is 9.79. The summed E-state index contributed by atoms with van der Waals surface area (Å²) in [6, 6.07) is 11.7. The summed E-state index contributed by atoms with van der Waals surface area (Å²) in [5.41, 5.74) is 3.96. The minimum absolute atomic E-state index is 0.0970. The van der Waals surface area contributed by atoms with Gasteiger partial charge < -0.3 is 14.6 Å². The average Bonchev–Trinajstić information content (AvgIpc) is 3.00. The van der Waals surface area contributed by atoms with Crippen LogP contribution in [0, 0.1) is 25.2 Å². The molecule has 1 aromatic heterocycles. The van der Waals surface area contributed by atoms with Crippen molar-refractivity contribution in [3.05, 3.63) is 52.9 Å². The van der Waals surface area contributed by atoms with E-state index in [0.717, 1.165) is 11.3 Å². The van der Waals surface area contributed by atoms with Crippen LogP contribution in [-0.4, -0.2) is 17.6 Å². The minimum atomic E-state index is -0.407. The number of carbonyl (C=O) groups excluding carboxylic acids is 1. The summed E-state index contributed by atoms with van der Waals surface area (Å²) < 4.78 is 7.50. The smallest absolute Gasteiger partial charge is 0.266 e. The first-order valence-electron chi connectivity index (χ1n) is 9.79. The van der Waals surface area contributed by atoms with Gasteiger partial charge in [-0.25, -0.2) is 0 Å². The fourth-order valence-corrected chi connectivity index (χ4v) is 4.03. The number of amides is 1. The van der Waals surface area contributed by atoms with Gasteiger partial charge in [-0.15, -0.1) is 0 Å². The molecule has 0 radical (unpaired) electrons. The van der Waals surface area contributed by atoms with Gasteiger partial charge in [0.05, 0.1) is 7.11 Å². The highest BCUT2D eigenvalue weighted by atomic mass is 16.5. The van der Waals surface area contributed by atoms with Gasteiger partial charge >= 0.3 is 0 Å². The quantitative estimate of drug-likeness (QED) is 0.578. The number of aromatic nitrogens is 1. The van der Waals surface area contributed by atoms with Gasteiger partial charge in [0.15, 0.2) is 0 Å². The maximum absolute atomic E-state index is 12.6. The maximum Gasteiger partial charge on any atom is 0.266 e. The standard InChI is InChI=1S/C23H27N3O2/c1-16-13-18(17(2)26(16)21-7-5-4-6-8-21)14-19(15-24)23(27)25-20-9-11-22(28-3)12-10-20/h9-14,21H,4-8H2,1-3H3,(H,25,27)/b19-14+. The molecule has 3 rings (SSSR count). The van der Waals surface area contributed by atoms with Crippen molar-refractivity contribution in [2.24, 2.45) is 0 Å². The lowest BCUT2D eigenvalue weighted by Crippen LogP contribution is -2.15. The van der Waals surface area contributed by atoms with Crippen LogP contribution in [0.2, 0.25) is 0 Å². The summed E-state index contributed by atoms with van der Waals surface area (Å²) >= 11 is 0. The molecule has 1 aromatic carbocycles. The number of nitrogens with one attached hydrogen (secondary N) is 1. The topological polar surface area (TPSA) is 67.0 Å². The third kappa shape index (κ3) is 4.28. The molecule has 0 aliphatic heterocycles. The van der Waals surface area contributed by atoms with Crippen molar-refractivity contribution in [1.82, 2.24) is 4.57 Å². The van der Waals surface area contributed by atoms with Crippen molar-refractivity contribution in [3.63, 3.8) is 0 Å². The number of rotatable bonds is 5. The molecule has 0 unspecified atom stereocenters. The van der Waals surface area contributed by atoms with Gasteiger partial charge in [0.25, 0.3) is 5.91 Å². The SMILES string of the molecule is COc1ccc(NC(=O)/C(C#N)=C/c2cc(C)n(C3CCCCC3)c2C)cc1.